The zero-order valence-electron chi connectivity index (χ0n) is 13.1. The van der Waals surface area contributed by atoms with Gasteiger partial charge >= 0.3 is 0 Å². The second kappa shape index (κ2) is 7.89. The maximum atomic E-state index is 13.7. The van der Waals surface area contributed by atoms with E-state index in [-0.39, 0.29) is 10.5 Å². The van der Waals surface area contributed by atoms with Crippen molar-refractivity contribution in [3.63, 3.8) is 0 Å². The number of nitrogens with one attached hydrogen (secondary N) is 1. The van der Waals surface area contributed by atoms with Gasteiger partial charge in [0.25, 0.3) is 5.91 Å². The van der Waals surface area contributed by atoms with Gasteiger partial charge in [0, 0.05) is 4.90 Å². The third-order valence-corrected chi connectivity index (χ3v) is 4.24. The van der Waals surface area contributed by atoms with Crippen LogP contribution in [0.25, 0.3) is 0 Å². The maximum Gasteiger partial charge on any atom is 0.253 e. The molecule has 0 bridgehead atoms. The summed E-state index contributed by atoms with van der Waals surface area (Å²) in [6.45, 7) is 1.41. The van der Waals surface area contributed by atoms with Gasteiger partial charge in [-0.25, -0.2) is 8.78 Å². The second-order valence-electron chi connectivity index (χ2n) is 5.08. The van der Waals surface area contributed by atoms with Gasteiger partial charge in [0.2, 0.25) is 11.0 Å². The van der Waals surface area contributed by atoms with E-state index in [0.29, 0.717) is 11.8 Å². The first-order valence-corrected chi connectivity index (χ1v) is 7.98. The van der Waals surface area contributed by atoms with Crippen molar-refractivity contribution in [2.24, 2.45) is 5.73 Å². The molecule has 0 radical (unpaired) electrons. The standard InChI is InChI=1S/C17H14F2N2O3S/c1-9(15(20)22)21-16(23)10-5-2-3-8-13(10)25-17(24)14-11(18)6-4-7-12(14)19/h2-9H,1H3,(H2,20,22)(H,21,23)/t9-/m0/s1. The molecule has 130 valence electrons. The van der Waals surface area contributed by atoms with Gasteiger partial charge in [0.05, 0.1) is 5.56 Å². The molecule has 0 saturated heterocycles. The molecule has 8 heteroatoms. The minimum Gasteiger partial charge on any atom is -0.368 e. The Balaban J connectivity index is 2.28. The number of halogens is 2. The predicted octanol–water partition coefficient (Wildman–Crippen LogP) is 2.50. The highest BCUT2D eigenvalue weighted by Crippen LogP contribution is 2.28. The lowest BCUT2D eigenvalue weighted by molar-refractivity contribution is -0.119. The summed E-state index contributed by atoms with van der Waals surface area (Å²) < 4.78 is 27.4. The number of thioether (sulfide) groups is 1. The summed E-state index contributed by atoms with van der Waals surface area (Å²) in [4.78, 5) is 35.7. The van der Waals surface area contributed by atoms with Crippen LogP contribution in [0.5, 0.6) is 0 Å². The Bertz CT molecular complexity index is 822. The third kappa shape index (κ3) is 4.42. The highest BCUT2D eigenvalue weighted by Gasteiger charge is 2.22. The van der Waals surface area contributed by atoms with Crippen molar-refractivity contribution in [2.75, 3.05) is 0 Å². The average Bonchev–Trinajstić information content (AvgIpc) is 2.54. The molecule has 0 unspecified atom stereocenters. The van der Waals surface area contributed by atoms with Crippen molar-refractivity contribution in [2.45, 2.75) is 17.9 Å². The molecule has 25 heavy (non-hydrogen) atoms. The molecule has 0 aromatic heterocycles. The Kier molecular flexibility index (Phi) is 5.87. The van der Waals surface area contributed by atoms with Crippen LogP contribution in [0.3, 0.4) is 0 Å². The van der Waals surface area contributed by atoms with Crippen molar-refractivity contribution in [3.8, 4) is 0 Å². The Morgan fingerprint density at radius 3 is 2.24 bits per heavy atom. The Hall–Kier alpha value is -2.74. The summed E-state index contributed by atoms with van der Waals surface area (Å²) >= 11 is 0.520. The van der Waals surface area contributed by atoms with Crippen LogP contribution < -0.4 is 11.1 Å². The van der Waals surface area contributed by atoms with Gasteiger partial charge in [-0.05, 0) is 43.0 Å². The van der Waals surface area contributed by atoms with Crippen LogP contribution in [-0.4, -0.2) is 23.0 Å². The molecule has 0 heterocycles. The smallest absolute Gasteiger partial charge is 0.253 e. The van der Waals surface area contributed by atoms with Crippen LogP contribution in [-0.2, 0) is 4.79 Å². The van der Waals surface area contributed by atoms with E-state index in [9.17, 15) is 23.2 Å². The van der Waals surface area contributed by atoms with Crippen LogP contribution in [0.1, 0.15) is 27.6 Å². The SMILES string of the molecule is C[C@H](NC(=O)c1ccccc1SC(=O)c1c(F)cccc1F)C(N)=O. The zero-order valence-corrected chi connectivity index (χ0v) is 13.9. The zero-order chi connectivity index (χ0) is 18.6. The van der Waals surface area contributed by atoms with E-state index in [0.717, 1.165) is 18.2 Å². The highest BCUT2D eigenvalue weighted by molar-refractivity contribution is 8.14. The van der Waals surface area contributed by atoms with Crippen LogP contribution in [0, 0.1) is 11.6 Å². The first-order valence-electron chi connectivity index (χ1n) is 7.16. The normalized spacial score (nSPS) is 11.6. The number of hydrogen-bond donors (Lipinski definition) is 2. The number of carbonyl (C=O) groups is 3. The van der Waals surface area contributed by atoms with Crippen molar-refractivity contribution in [3.05, 3.63) is 65.2 Å². The van der Waals surface area contributed by atoms with Crippen LogP contribution in [0.4, 0.5) is 8.78 Å². The Morgan fingerprint density at radius 2 is 1.64 bits per heavy atom. The topological polar surface area (TPSA) is 89.3 Å². The molecule has 3 N–H and O–H groups in total. The van der Waals surface area contributed by atoms with Gasteiger partial charge in [-0.3, -0.25) is 14.4 Å². The van der Waals surface area contributed by atoms with Crippen molar-refractivity contribution in [1.82, 2.24) is 5.32 Å². The van der Waals surface area contributed by atoms with Crippen LogP contribution in [0.15, 0.2) is 47.4 Å². The summed E-state index contributed by atoms with van der Waals surface area (Å²) in [6, 6.07) is 8.21. The first kappa shape index (κ1) is 18.6. The van der Waals surface area contributed by atoms with E-state index in [1.807, 2.05) is 0 Å². The van der Waals surface area contributed by atoms with Gasteiger partial charge < -0.3 is 11.1 Å². The van der Waals surface area contributed by atoms with Gasteiger partial charge in [0.15, 0.2) is 0 Å². The van der Waals surface area contributed by atoms with E-state index < -0.39 is 40.2 Å². The van der Waals surface area contributed by atoms with E-state index in [2.05, 4.69) is 5.32 Å². The minimum absolute atomic E-state index is 0.0886. The molecule has 1 atom stereocenters. The number of nitrogens with two attached hydrogens (primary N) is 1. The fourth-order valence-electron chi connectivity index (χ4n) is 1.93. The van der Waals surface area contributed by atoms with E-state index in [1.54, 1.807) is 12.1 Å². The van der Waals surface area contributed by atoms with E-state index in [1.165, 1.54) is 19.1 Å². The largest absolute Gasteiger partial charge is 0.368 e. The summed E-state index contributed by atoms with van der Waals surface area (Å²) in [5.41, 5.74) is 4.50. The van der Waals surface area contributed by atoms with Gasteiger partial charge in [-0.2, -0.15) is 0 Å². The summed E-state index contributed by atoms with van der Waals surface area (Å²) in [6.07, 6.45) is 0. The van der Waals surface area contributed by atoms with E-state index in [4.69, 9.17) is 5.73 Å². The van der Waals surface area contributed by atoms with Gasteiger partial charge in [0.1, 0.15) is 23.2 Å². The molecule has 5 nitrogen and oxygen atoms in total. The third-order valence-electron chi connectivity index (χ3n) is 3.28. The molecule has 0 aliphatic rings. The number of rotatable bonds is 5. The monoisotopic (exact) mass is 364 g/mol. The number of primary amides is 1. The molecule has 0 aliphatic heterocycles. The van der Waals surface area contributed by atoms with Gasteiger partial charge in [-0.1, -0.05) is 18.2 Å². The van der Waals surface area contributed by atoms with Crippen molar-refractivity contribution < 1.29 is 23.2 Å². The molecule has 2 aromatic carbocycles. The predicted molar refractivity (Wildman–Crippen MR) is 89.1 cm³/mol. The molecule has 2 rings (SSSR count). The van der Waals surface area contributed by atoms with Crippen LogP contribution in [0.2, 0.25) is 0 Å². The fourth-order valence-corrected chi connectivity index (χ4v) is 2.85. The number of amides is 2. The fraction of sp³-hybridized carbons (Fsp3) is 0.118. The quantitative estimate of drug-likeness (QED) is 0.798. The average molecular weight is 364 g/mol. The summed E-state index contributed by atoms with van der Waals surface area (Å²) in [5, 5.41) is 1.51. The lowest BCUT2D eigenvalue weighted by atomic mass is 10.2. The van der Waals surface area contributed by atoms with Gasteiger partial charge in [-0.15, -0.1) is 0 Å². The molecule has 2 amide bonds. The molecule has 0 spiro atoms. The number of hydrogen-bond acceptors (Lipinski definition) is 4. The van der Waals surface area contributed by atoms with Crippen molar-refractivity contribution >= 4 is 28.7 Å². The lowest BCUT2D eigenvalue weighted by Gasteiger charge is -2.12. The number of benzene rings is 2. The van der Waals surface area contributed by atoms with Crippen molar-refractivity contribution in [1.29, 1.82) is 0 Å². The summed E-state index contributed by atoms with van der Waals surface area (Å²) in [5.74, 6) is -3.32. The Labute approximate surface area is 146 Å². The molecule has 2 aromatic rings. The number of carbonyl (C=O) groups excluding carboxylic acids is 3. The first-order chi connectivity index (χ1) is 11.8. The molecule has 0 saturated carbocycles. The molecule has 0 aliphatic carbocycles. The Morgan fingerprint density at radius 1 is 1.04 bits per heavy atom. The van der Waals surface area contributed by atoms with Crippen LogP contribution >= 0.6 is 11.8 Å². The minimum atomic E-state index is -0.984. The molecule has 0 fully saturated rings. The second-order valence-corrected chi connectivity index (χ2v) is 6.09. The maximum absolute atomic E-state index is 13.7. The summed E-state index contributed by atoms with van der Waals surface area (Å²) in [7, 11) is 0. The van der Waals surface area contributed by atoms with E-state index >= 15 is 0 Å². The highest BCUT2D eigenvalue weighted by atomic mass is 32.2. The molecular weight excluding hydrogens is 350 g/mol. The molecular formula is C17H14F2N2O3S. The lowest BCUT2D eigenvalue weighted by Crippen LogP contribution is -2.42.